The van der Waals surface area contributed by atoms with Crippen molar-refractivity contribution in [2.24, 2.45) is 0 Å². The first kappa shape index (κ1) is 11.0. The number of ether oxygens (including phenoxy) is 1. The quantitative estimate of drug-likeness (QED) is 0.751. The molecule has 0 aliphatic carbocycles. The van der Waals surface area contributed by atoms with Crippen molar-refractivity contribution in [1.29, 1.82) is 0 Å². The van der Waals surface area contributed by atoms with Gasteiger partial charge in [-0.15, -0.1) is 11.6 Å². The molecule has 0 aliphatic rings. The van der Waals surface area contributed by atoms with Gasteiger partial charge in [-0.2, -0.15) is 4.98 Å². The molecule has 4 nitrogen and oxygen atoms in total. The summed E-state index contributed by atoms with van der Waals surface area (Å²) in [4.78, 5) is 4.07. The maximum absolute atomic E-state index is 5.54. The highest BCUT2D eigenvalue weighted by Gasteiger charge is 2.04. The van der Waals surface area contributed by atoms with E-state index in [2.05, 4.69) is 10.1 Å². The maximum atomic E-state index is 5.54. The molecule has 2 rings (SSSR count). The summed E-state index contributed by atoms with van der Waals surface area (Å²) in [7, 11) is 0. The zero-order chi connectivity index (χ0) is 11.2. The molecule has 0 spiro atoms. The van der Waals surface area contributed by atoms with E-state index in [1.54, 1.807) is 0 Å². The highest BCUT2D eigenvalue weighted by Crippen LogP contribution is 2.09. The molecule has 0 unspecified atom stereocenters. The van der Waals surface area contributed by atoms with Gasteiger partial charge >= 0.3 is 0 Å². The minimum Gasteiger partial charge on any atom is -0.493 e. The molecule has 0 atom stereocenters. The van der Waals surface area contributed by atoms with Gasteiger partial charge in [0, 0.05) is 6.42 Å². The minimum absolute atomic E-state index is 0.243. The molecule has 0 bridgehead atoms. The van der Waals surface area contributed by atoms with E-state index in [0.29, 0.717) is 24.7 Å². The summed E-state index contributed by atoms with van der Waals surface area (Å²) < 4.78 is 10.4. The van der Waals surface area contributed by atoms with Crippen molar-refractivity contribution in [3.05, 3.63) is 42.0 Å². The lowest BCUT2D eigenvalue weighted by Gasteiger charge is -2.02. The molecular weight excluding hydrogens is 228 g/mol. The van der Waals surface area contributed by atoms with E-state index in [1.165, 1.54) is 0 Å². The fourth-order valence-electron chi connectivity index (χ4n) is 1.22. The molecule has 0 saturated heterocycles. The second-order valence-corrected chi connectivity index (χ2v) is 3.42. The Morgan fingerprint density at radius 3 is 2.75 bits per heavy atom. The fraction of sp³-hybridized carbons (Fsp3) is 0.273. The van der Waals surface area contributed by atoms with Crippen LogP contribution in [0, 0.1) is 0 Å². The minimum atomic E-state index is 0.243. The smallest absolute Gasteiger partial charge is 0.241 e. The number of hydrogen-bond donors (Lipinski definition) is 0. The number of hydrogen-bond acceptors (Lipinski definition) is 4. The van der Waals surface area contributed by atoms with Gasteiger partial charge in [-0.05, 0) is 12.1 Å². The van der Waals surface area contributed by atoms with E-state index >= 15 is 0 Å². The molecule has 16 heavy (non-hydrogen) atoms. The van der Waals surface area contributed by atoms with E-state index in [4.69, 9.17) is 20.9 Å². The Hall–Kier alpha value is -1.55. The maximum Gasteiger partial charge on any atom is 0.241 e. The average molecular weight is 239 g/mol. The predicted molar refractivity (Wildman–Crippen MR) is 59.5 cm³/mol. The summed E-state index contributed by atoms with van der Waals surface area (Å²) in [5.41, 5.74) is 0. The van der Waals surface area contributed by atoms with Crippen molar-refractivity contribution >= 4 is 11.6 Å². The first-order chi connectivity index (χ1) is 7.88. The molecule has 0 fully saturated rings. The van der Waals surface area contributed by atoms with Crippen LogP contribution in [0.15, 0.2) is 34.9 Å². The molecule has 1 aromatic carbocycles. The number of rotatable bonds is 5. The summed E-state index contributed by atoms with van der Waals surface area (Å²) in [6.07, 6.45) is 0.606. The fourth-order valence-corrected chi connectivity index (χ4v) is 1.33. The molecule has 0 radical (unpaired) electrons. The molecule has 0 aliphatic heterocycles. The van der Waals surface area contributed by atoms with E-state index in [-0.39, 0.29) is 5.88 Å². The number of benzene rings is 1. The zero-order valence-electron chi connectivity index (χ0n) is 8.60. The Morgan fingerprint density at radius 2 is 2.06 bits per heavy atom. The largest absolute Gasteiger partial charge is 0.493 e. The summed E-state index contributed by atoms with van der Waals surface area (Å²) in [5, 5.41) is 3.77. The highest BCUT2D eigenvalue weighted by molar-refractivity contribution is 6.16. The second-order valence-electron chi connectivity index (χ2n) is 3.15. The van der Waals surface area contributed by atoms with Gasteiger partial charge in [-0.3, -0.25) is 0 Å². The van der Waals surface area contributed by atoms with Crippen LogP contribution in [0.1, 0.15) is 11.7 Å². The van der Waals surface area contributed by atoms with Crippen LogP contribution in [0.3, 0.4) is 0 Å². The lowest BCUT2D eigenvalue weighted by molar-refractivity contribution is 0.314. The molecular formula is C11H11ClN2O2. The van der Waals surface area contributed by atoms with Gasteiger partial charge in [0.05, 0.1) is 6.61 Å². The van der Waals surface area contributed by atoms with Crippen molar-refractivity contribution in [3.63, 3.8) is 0 Å². The molecule has 1 heterocycles. The molecule has 84 valence electrons. The average Bonchev–Trinajstić information content (AvgIpc) is 2.78. The van der Waals surface area contributed by atoms with Gasteiger partial charge < -0.3 is 9.26 Å². The van der Waals surface area contributed by atoms with Crippen LogP contribution in [-0.4, -0.2) is 16.7 Å². The van der Waals surface area contributed by atoms with Gasteiger partial charge in [-0.1, -0.05) is 23.4 Å². The first-order valence-electron chi connectivity index (χ1n) is 4.94. The van der Waals surface area contributed by atoms with Crippen LogP contribution in [0.2, 0.25) is 0 Å². The molecule has 2 aromatic rings. The van der Waals surface area contributed by atoms with Gasteiger partial charge in [0.25, 0.3) is 0 Å². The summed E-state index contributed by atoms with van der Waals surface area (Å²) in [6, 6.07) is 9.60. The standard InChI is InChI=1S/C11H11ClN2O2/c12-8-11-13-10(14-16-11)6-7-15-9-4-2-1-3-5-9/h1-5H,6-8H2. The molecule has 1 aromatic heterocycles. The number of alkyl halides is 1. The van der Waals surface area contributed by atoms with E-state index in [0.717, 1.165) is 5.75 Å². The summed E-state index contributed by atoms with van der Waals surface area (Å²) >= 11 is 5.54. The first-order valence-corrected chi connectivity index (χ1v) is 5.47. The van der Waals surface area contributed by atoms with Crippen molar-refractivity contribution < 1.29 is 9.26 Å². The predicted octanol–water partition coefficient (Wildman–Crippen LogP) is 2.43. The third-order valence-electron chi connectivity index (χ3n) is 1.96. The van der Waals surface area contributed by atoms with Crippen LogP contribution in [-0.2, 0) is 12.3 Å². The van der Waals surface area contributed by atoms with E-state index in [1.807, 2.05) is 30.3 Å². The van der Waals surface area contributed by atoms with Crippen LogP contribution in [0.4, 0.5) is 0 Å². The lowest BCUT2D eigenvalue weighted by Crippen LogP contribution is -2.02. The molecule has 0 N–H and O–H groups in total. The molecule has 5 heteroatoms. The third kappa shape index (κ3) is 2.97. The second kappa shape index (κ2) is 5.51. The Morgan fingerprint density at radius 1 is 1.25 bits per heavy atom. The Bertz CT molecular complexity index is 431. The van der Waals surface area contributed by atoms with Gasteiger partial charge in [0.2, 0.25) is 5.89 Å². The number of para-hydroxylation sites is 1. The SMILES string of the molecule is ClCc1nc(CCOc2ccccc2)no1. The number of halogens is 1. The van der Waals surface area contributed by atoms with Crippen molar-refractivity contribution in [2.75, 3.05) is 6.61 Å². The monoisotopic (exact) mass is 238 g/mol. The molecule has 0 amide bonds. The Balaban J connectivity index is 1.80. The Labute approximate surface area is 98.2 Å². The Kier molecular flexibility index (Phi) is 3.77. The highest BCUT2D eigenvalue weighted by atomic mass is 35.5. The van der Waals surface area contributed by atoms with Crippen LogP contribution >= 0.6 is 11.6 Å². The van der Waals surface area contributed by atoms with Crippen molar-refractivity contribution in [2.45, 2.75) is 12.3 Å². The van der Waals surface area contributed by atoms with E-state index in [9.17, 15) is 0 Å². The van der Waals surface area contributed by atoms with Gasteiger partial charge in [0.1, 0.15) is 11.6 Å². The number of nitrogens with zero attached hydrogens (tertiary/aromatic N) is 2. The zero-order valence-corrected chi connectivity index (χ0v) is 9.35. The lowest BCUT2D eigenvalue weighted by atomic mass is 10.3. The van der Waals surface area contributed by atoms with Crippen LogP contribution in [0.25, 0.3) is 0 Å². The van der Waals surface area contributed by atoms with Gasteiger partial charge in [-0.25, -0.2) is 0 Å². The van der Waals surface area contributed by atoms with Gasteiger partial charge in [0.15, 0.2) is 5.82 Å². The van der Waals surface area contributed by atoms with E-state index < -0.39 is 0 Å². The van der Waals surface area contributed by atoms with Crippen molar-refractivity contribution in [1.82, 2.24) is 10.1 Å². The van der Waals surface area contributed by atoms with Crippen molar-refractivity contribution in [3.8, 4) is 5.75 Å². The molecule has 0 saturated carbocycles. The number of aromatic nitrogens is 2. The normalized spacial score (nSPS) is 10.3. The van der Waals surface area contributed by atoms with Crippen LogP contribution < -0.4 is 4.74 Å². The summed E-state index contributed by atoms with van der Waals surface area (Å²) in [5.74, 6) is 2.14. The third-order valence-corrected chi connectivity index (χ3v) is 2.19. The van der Waals surface area contributed by atoms with Crippen LogP contribution in [0.5, 0.6) is 5.75 Å². The topological polar surface area (TPSA) is 48.2 Å². The summed E-state index contributed by atoms with van der Waals surface area (Å²) in [6.45, 7) is 0.519.